The summed E-state index contributed by atoms with van der Waals surface area (Å²) in [5, 5.41) is 9.66. The second-order valence-electron chi connectivity index (χ2n) is 5.62. The summed E-state index contributed by atoms with van der Waals surface area (Å²) in [4.78, 5) is 16.2. The number of rotatable bonds is 4. The monoisotopic (exact) mass is 294 g/mol. The maximum Gasteiger partial charge on any atom is 0.254 e. The molecule has 2 rings (SSSR count). The van der Waals surface area contributed by atoms with E-state index in [-0.39, 0.29) is 17.8 Å². The minimum absolute atomic E-state index is 0.121. The van der Waals surface area contributed by atoms with Crippen molar-refractivity contribution in [2.45, 2.75) is 26.4 Å². The van der Waals surface area contributed by atoms with Crippen molar-refractivity contribution in [2.24, 2.45) is 0 Å². The molecule has 116 valence electrons. The van der Waals surface area contributed by atoms with Gasteiger partial charge in [0.05, 0.1) is 6.10 Å². The van der Waals surface area contributed by atoms with Crippen LogP contribution in [-0.4, -0.2) is 59.6 Å². The van der Waals surface area contributed by atoms with Gasteiger partial charge in [0.15, 0.2) is 0 Å². The number of hydrogen-bond donors (Lipinski definition) is 1. The van der Waals surface area contributed by atoms with Crippen LogP contribution in [0.4, 0.5) is 4.39 Å². The summed E-state index contributed by atoms with van der Waals surface area (Å²) >= 11 is 0. The summed E-state index contributed by atoms with van der Waals surface area (Å²) in [6, 6.07) is 4.62. The van der Waals surface area contributed by atoms with Gasteiger partial charge >= 0.3 is 0 Å². The normalized spacial score (nSPS) is 17.8. The zero-order chi connectivity index (χ0) is 15.4. The first kappa shape index (κ1) is 15.9. The Balaban J connectivity index is 1.92. The largest absolute Gasteiger partial charge is 0.392 e. The second kappa shape index (κ2) is 7.00. The molecule has 1 fully saturated rings. The minimum atomic E-state index is -0.342. The first-order valence-corrected chi connectivity index (χ1v) is 7.47. The highest BCUT2D eigenvalue weighted by molar-refractivity contribution is 5.94. The summed E-state index contributed by atoms with van der Waals surface area (Å²) in [6.45, 7) is 7.01. The molecule has 1 N–H and O–H groups in total. The first-order chi connectivity index (χ1) is 10.0. The molecule has 1 atom stereocenters. The van der Waals surface area contributed by atoms with Gasteiger partial charge < -0.3 is 10.0 Å². The number of halogens is 1. The van der Waals surface area contributed by atoms with Crippen molar-refractivity contribution < 1.29 is 14.3 Å². The Hall–Kier alpha value is -1.46. The Morgan fingerprint density at radius 1 is 1.33 bits per heavy atom. The molecule has 1 aliphatic heterocycles. The molecule has 0 saturated carbocycles. The van der Waals surface area contributed by atoms with Crippen LogP contribution in [0.25, 0.3) is 0 Å². The van der Waals surface area contributed by atoms with Gasteiger partial charge in [0.2, 0.25) is 0 Å². The lowest BCUT2D eigenvalue weighted by atomic mass is 10.1. The molecule has 21 heavy (non-hydrogen) atoms. The number of nitrogens with zero attached hydrogens (tertiary/aromatic N) is 2. The highest BCUT2D eigenvalue weighted by atomic mass is 19.1. The molecule has 4 nitrogen and oxygen atoms in total. The summed E-state index contributed by atoms with van der Waals surface area (Å²) in [5.74, 6) is -0.463. The predicted octanol–water partition coefficient (Wildman–Crippen LogP) is 1.66. The fourth-order valence-electron chi connectivity index (χ4n) is 2.47. The third kappa shape index (κ3) is 4.02. The van der Waals surface area contributed by atoms with E-state index in [0.29, 0.717) is 30.8 Å². The molecule has 1 aromatic rings. The Morgan fingerprint density at radius 2 is 2.00 bits per heavy atom. The molecular formula is C16H23FN2O2. The van der Waals surface area contributed by atoms with Gasteiger partial charge in [0.25, 0.3) is 5.91 Å². The molecule has 0 radical (unpaired) electrons. The van der Waals surface area contributed by atoms with E-state index in [9.17, 15) is 14.3 Å². The molecule has 5 heteroatoms. The highest BCUT2D eigenvalue weighted by Crippen LogP contribution is 2.13. The number of β-amino-alcohol motifs (C(OH)–C–C–N with tert-alkyl or cyclic N) is 1. The van der Waals surface area contributed by atoms with E-state index in [1.807, 2.05) is 6.92 Å². The Labute approximate surface area is 125 Å². The van der Waals surface area contributed by atoms with E-state index < -0.39 is 0 Å². The molecule has 0 unspecified atom stereocenters. The van der Waals surface area contributed by atoms with E-state index in [1.54, 1.807) is 24.0 Å². The number of aliphatic hydroxyl groups is 1. The summed E-state index contributed by atoms with van der Waals surface area (Å²) < 4.78 is 13.5. The van der Waals surface area contributed by atoms with Crippen molar-refractivity contribution in [1.29, 1.82) is 0 Å². The minimum Gasteiger partial charge on any atom is -0.392 e. The molecule has 1 heterocycles. The number of piperazine rings is 1. The lowest BCUT2D eigenvalue weighted by molar-refractivity contribution is 0.0523. The second-order valence-corrected chi connectivity index (χ2v) is 5.62. The highest BCUT2D eigenvalue weighted by Gasteiger charge is 2.23. The van der Waals surface area contributed by atoms with Gasteiger partial charge in [0.1, 0.15) is 5.82 Å². The van der Waals surface area contributed by atoms with Crippen molar-refractivity contribution in [3.05, 3.63) is 35.1 Å². The van der Waals surface area contributed by atoms with E-state index in [2.05, 4.69) is 4.90 Å². The zero-order valence-corrected chi connectivity index (χ0v) is 12.7. The average molecular weight is 294 g/mol. The predicted molar refractivity (Wildman–Crippen MR) is 79.8 cm³/mol. The molecule has 1 aromatic carbocycles. The van der Waals surface area contributed by atoms with Crippen LogP contribution in [0.15, 0.2) is 18.2 Å². The van der Waals surface area contributed by atoms with Crippen LogP contribution in [-0.2, 0) is 0 Å². The van der Waals surface area contributed by atoms with Gasteiger partial charge in [-0.15, -0.1) is 0 Å². The van der Waals surface area contributed by atoms with Crippen LogP contribution < -0.4 is 0 Å². The topological polar surface area (TPSA) is 43.8 Å². The number of benzene rings is 1. The third-order valence-corrected chi connectivity index (χ3v) is 4.02. The van der Waals surface area contributed by atoms with Gasteiger partial charge in [-0.2, -0.15) is 0 Å². The fraction of sp³-hybridized carbons (Fsp3) is 0.562. The number of amides is 1. The smallest absolute Gasteiger partial charge is 0.254 e. The maximum atomic E-state index is 13.5. The Bertz CT molecular complexity index is 499. The number of aliphatic hydroxyl groups excluding tert-OH is 1. The molecule has 0 spiro atoms. The molecule has 0 aliphatic carbocycles. The molecule has 0 bridgehead atoms. The lowest BCUT2D eigenvalue weighted by Gasteiger charge is -2.35. The fourth-order valence-corrected chi connectivity index (χ4v) is 2.47. The van der Waals surface area contributed by atoms with E-state index in [0.717, 1.165) is 19.5 Å². The van der Waals surface area contributed by atoms with Gasteiger partial charge in [-0.25, -0.2) is 4.39 Å². The van der Waals surface area contributed by atoms with Crippen LogP contribution >= 0.6 is 0 Å². The lowest BCUT2D eigenvalue weighted by Crippen LogP contribution is -2.50. The van der Waals surface area contributed by atoms with Gasteiger partial charge in [0, 0.05) is 38.3 Å². The number of hydrogen-bond acceptors (Lipinski definition) is 3. The van der Waals surface area contributed by atoms with Crippen LogP contribution in [0.2, 0.25) is 0 Å². The summed E-state index contributed by atoms with van der Waals surface area (Å²) in [5.41, 5.74) is 0.949. The van der Waals surface area contributed by atoms with E-state index in [1.165, 1.54) is 6.07 Å². The van der Waals surface area contributed by atoms with Crippen LogP contribution in [0, 0.1) is 12.7 Å². The van der Waals surface area contributed by atoms with Crippen LogP contribution in [0.3, 0.4) is 0 Å². The summed E-state index contributed by atoms with van der Waals surface area (Å²) in [7, 11) is 0. The van der Waals surface area contributed by atoms with Crippen LogP contribution in [0.1, 0.15) is 29.3 Å². The van der Waals surface area contributed by atoms with Gasteiger partial charge in [-0.3, -0.25) is 9.69 Å². The maximum absolute atomic E-state index is 13.5. The Kier molecular flexibility index (Phi) is 5.31. The molecular weight excluding hydrogens is 271 g/mol. The van der Waals surface area contributed by atoms with Gasteiger partial charge in [-0.1, -0.05) is 13.0 Å². The molecule has 1 aliphatic rings. The van der Waals surface area contributed by atoms with Crippen molar-refractivity contribution in [1.82, 2.24) is 9.80 Å². The van der Waals surface area contributed by atoms with Gasteiger partial charge in [-0.05, 0) is 31.0 Å². The van der Waals surface area contributed by atoms with Crippen LogP contribution in [0.5, 0.6) is 0 Å². The quantitative estimate of drug-likeness (QED) is 0.918. The SMILES string of the molecule is CC[C@@H](O)CN1CCN(C(=O)c2ccc(C)c(F)c2)CC1. The van der Waals surface area contributed by atoms with Crippen molar-refractivity contribution >= 4 is 5.91 Å². The van der Waals surface area contributed by atoms with E-state index in [4.69, 9.17) is 0 Å². The average Bonchev–Trinajstić information content (AvgIpc) is 2.50. The van der Waals surface area contributed by atoms with Crippen molar-refractivity contribution in [3.8, 4) is 0 Å². The summed E-state index contributed by atoms with van der Waals surface area (Å²) in [6.07, 6.45) is 0.431. The van der Waals surface area contributed by atoms with Crippen molar-refractivity contribution in [3.63, 3.8) is 0 Å². The number of aryl methyl sites for hydroxylation is 1. The standard InChI is InChI=1S/C16H23FN2O2/c1-3-14(20)11-18-6-8-19(9-7-18)16(21)13-5-4-12(2)15(17)10-13/h4-5,10,14,20H,3,6-9,11H2,1-2H3/t14-/m1/s1. The van der Waals surface area contributed by atoms with Crippen molar-refractivity contribution in [2.75, 3.05) is 32.7 Å². The zero-order valence-electron chi connectivity index (χ0n) is 12.7. The molecule has 0 aromatic heterocycles. The van der Waals surface area contributed by atoms with E-state index >= 15 is 0 Å². The number of carbonyl (C=O) groups is 1. The number of carbonyl (C=O) groups excluding carboxylic acids is 1. The molecule has 1 saturated heterocycles. The third-order valence-electron chi connectivity index (χ3n) is 4.02. The first-order valence-electron chi connectivity index (χ1n) is 7.47. The Morgan fingerprint density at radius 3 is 2.57 bits per heavy atom. The molecule has 1 amide bonds.